The average molecular weight is 233 g/mol. The lowest BCUT2D eigenvalue weighted by Crippen LogP contribution is -2.32. The molecule has 3 heteroatoms. The van der Waals surface area contributed by atoms with Crippen molar-refractivity contribution in [1.82, 2.24) is 4.90 Å². The van der Waals surface area contributed by atoms with Gasteiger partial charge in [0.25, 0.3) is 5.91 Å². The Labute approximate surface area is 102 Å². The van der Waals surface area contributed by atoms with Gasteiger partial charge in [-0.05, 0) is 43.4 Å². The predicted molar refractivity (Wildman–Crippen MR) is 67.0 cm³/mol. The Bertz CT molecular complexity index is 399. The van der Waals surface area contributed by atoms with E-state index in [-0.39, 0.29) is 12.5 Å². The first-order valence-corrected chi connectivity index (χ1v) is 6.08. The first-order valence-electron chi connectivity index (χ1n) is 6.08. The van der Waals surface area contributed by atoms with Gasteiger partial charge in [-0.2, -0.15) is 0 Å². The van der Waals surface area contributed by atoms with Crippen LogP contribution < -0.4 is 4.74 Å². The zero-order chi connectivity index (χ0) is 12.3. The molecule has 1 aliphatic carbocycles. The van der Waals surface area contributed by atoms with E-state index in [1.165, 1.54) is 12.8 Å². The topological polar surface area (TPSA) is 29.5 Å². The highest BCUT2D eigenvalue weighted by molar-refractivity contribution is 5.77. The molecule has 0 atom stereocenters. The molecule has 92 valence electrons. The number of likely N-dealkylation sites (N-methyl/N-ethyl adjacent to an activating group) is 1. The number of amides is 1. The number of benzene rings is 1. The summed E-state index contributed by atoms with van der Waals surface area (Å²) in [5.41, 5.74) is 1.14. The van der Waals surface area contributed by atoms with Crippen LogP contribution in [0, 0.1) is 12.8 Å². The Balaban J connectivity index is 1.78. The fourth-order valence-corrected chi connectivity index (χ4v) is 1.75. The second-order valence-corrected chi connectivity index (χ2v) is 4.82. The third-order valence-corrected chi connectivity index (χ3v) is 3.01. The number of ether oxygens (including phenoxy) is 1. The molecular formula is C14H19NO2. The molecule has 0 aromatic heterocycles. The van der Waals surface area contributed by atoms with Crippen LogP contribution in [0.2, 0.25) is 0 Å². The van der Waals surface area contributed by atoms with Gasteiger partial charge < -0.3 is 9.64 Å². The molecule has 1 aromatic carbocycles. The average Bonchev–Trinajstić information content (AvgIpc) is 3.10. The second kappa shape index (κ2) is 5.21. The van der Waals surface area contributed by atoms with Gasteiger partial charge in [-0.15, -0.1) is 0 Å². The van der Waals surface area contributed by atoms with Crippen molar-refractivity contribution in [2.75, 3.05) is 20.2 Å². The molecule has 0 aliphatic heterocycles. The first-order chi connectivity index (χ1) is 8.15. The molecule has 3 nitrogen and oxygen atoms in total. The Morgan fingerprint density at radius 2 is 2.24 bits per heavy atom. The van der Waals surface area contributed by atoms with Crippen molar-refractivity contribution in [1.29, 1.82) is 0 Å². The summed E-state index contributed by atoms with van der Waals surface area (Å²) in [6.45, 7) is 3.01. The molecule has 0 bridgehead atoms. The minimum atomic E-state index is 0.0541. The molecule has 0 saturated heterocycles. The Morgan fingerprint density at radius 1 is 1.47 bits per heavy atom. The van der Waals surface area contributed by atoms with Crippen LogP contribution in [0.3, 0.4) is 0 Å². The number of rotatable bonds is 5. The largest absolute Gasteiger partial charge is 0.484 e. The summed E-state index contributed by atoms with van der Waals surface area (Å²) in [4.78, 5) is 13.5. The highest BCUT2D eigenvalue weighted by atomic mass is 16.5. The van der Waals surface area contributed by atoms with E-state index in [1.807, 2.05) is 38.2 Å². The van der Waals surface area contributed by atoms with Crippen LogP contribution in [0.5, 0.6) is 5.75 Å². The van der Waals surface area contributed by atoms with Gasteiger partial charge in [0.2, 0.25) is 0 Å². The normalized spacial score (nSPS) is 14.5. The molecule has 1 saturated carbocycles. The Hall–Kier alpha value is -1.51. The van der Waals surface area contributed by atoms with E-state index in [1.54, 1.807) is 4.90 Å². The SMILES string of the molecule is Cc1cccc(OCC(=O)N(C)CC2CC2)c1. The summed E-state index contributed by atoms with van der Waals surface area (Å²) in [6.07, 6.45) is 2.52. The van der Waals surface area contributed by atoms with Crippen molar-refractivity contribution < 1.29 is 9.53 Å². The number of nitrogens with zero attached hydrogens (tertiary/aromatic N) is 1. The van der Waals surface area contributed by atoms with Crippen LogP contribution in [-0.4, -0.2) is 31.0 Å². The zero-order valence-electron chi connectivity index (χ0n) is 10.5. The summed E-state index contributed by atoms with van der Waals surface area (Å²) in [6, 6.07) is 7.76. The molecule has 1 aliphatic rings. The van der Waals surface area contributed by atoms with Crippen LogP contribution in [0.25, 0.3) is 0 Å². The standard InChI is InChI=1S/C14H19NO2/c1-11-4-3-5-13(8-11)17-10-14(16)15(2)9-12-6-7-12/h3-5,8,12H,6-7,9-10H2,1-2H3. The third kappa shape index (κ3) is 3.77. The molecule has 17 heavy (non-hydrogen) atoms. The molecular weight excluding hydrogens is 214 g/mol. The summed E-state index contributed by atoms with van der Waals surface area (Å²) >= 11 is 0. The molecule has 0 radical (unpaired) electrons. The minimum absolute atomic E-state index is 0.0541. The number of carbonyl (C=O) groups is 1. The number of carbonyl (C=O) groups excluding carboxylic acids is 1. The summed E-state index contributed by atoms with van der Waals surface area (Å²) < 4.78 is 5.48. The monoisotopic (exact) mass is 233 g/mol. The van der Waals surface area contributed by atoms with E-state index >= 15 is 0 Å². The van der Waals surface area contributed by atoms with Crippen LogP contribution in [0.15, 0.2) is 24.3 Å². The van der Waals surface area contributed by atoms with Gasteiger partial charge in [0.05, 0.1) is 0 Å². The van der Waals surface area contributed by atoms with Gasteiger partial charge in [0.1, 0.15) is 5.75 Å². The summed E-state index contributed by atoms with van der Waals surface area (Å²) in [7, 11) is 1.85. The van der Waals surface area contributed by atoms with Gasteiger partial charge in [-0.3, -0.25) is 4.79 Å². The first kappa shape index (κ1) is 12.0. The van der Waals surface area contributed by atoms with Crippen molar-refractivity contribution >= 4 is 5.91 Å². The quantitative estimate of drug-likeness (QED) is 0.780. The Morgan fingerprint density at radius 3 is 2.88 bits per heavy atom. The number of hydrogen-bond acceptors (Lipinski definition) is 2. The van der Waals surface area contributed by atoms with Crippen molar-refractivity contribution in [3.63, 3.8) is 0 Å². The van der Waals surface area contributed by atoms with E-state index in [0.717, 1.165) is 23.8 Å². The maximum absolute atomic E-state index is 11.8. The van der Waals surface area contributed by atoms with Crippen molar-refractivity contribution in [3.05, 3.63) is 29.8 Å². The van der Waals surface area contributed by atoms with E-state index in [4.69, 9.17) is 4.74 Å². The lowest BCUT2D eigenvalue weighted by atomic mass is 10.2. The predicted octanol–water partition coefficient (Wildman–Crippen LogP) is 2.24. The zero-order valence-corrected chi connectivity index (χ0v) is 10.5. The molecule has 0 spiro atoms. The van der Waals surface area contributed by atoms with Crippen LogP contribution >= 0.6 is 0 Å². The molecule has 2 rings (SSSR count). The van der Waals surface area contributed by atoms with Crippen LogP contribution in [0.1, 0.15) is 18.4 Å². The van der Waals surface area contributed by atoms with Gasteiger partial charge in [0.15, 0.2) is 6.61 Å². The van der Waals surface area contributed by atoms with E-state index in [2.05, 4.69) is 0 Å². The molecule has 0 unspecified atom stereocenters. The van der Waals surface area contributed by atoms with Crippen molar-refractivity contribution in [3.8, 4) is 5.75 Å². The molecule has 1 fully saturated rings. The molecule has 0 heterocycles. The van der Waals surface area contributed by atoms with E-state index in [9.17, 15) is 4.79 Å². The van der Waals surface area contributed by atoms with Crippen LogP contribution in [-0.2, 0) is 4.79 Å². The number of hydrogen-bond donors (Lipinski definition) is 0. The van der Waals surface area contributed by atoms with Crippen LogP contribution in [0.4, 0.5) is 0 Å². The second-order valence-electron chi connectivity index (χ2n) is 4.82. The lowest BCUT2D eigenvalue weighted by molar-refractivity contribution is -0.132. The van der Waals surface area contributed by atoms with E-state index in [0.29, 0.717) is 0 Å². The van der Waals surface area contributed by atoms with E-state index < -0.39 is 0 Å². The van der Waals surface area contributed by atoms with Crippen molar-refractivity contribution in [2.24, 2.45) is 5.92 Å². The minimum Gasteiger partial charge on any atom is -0.484 e. The lowest BCUT2D eigenvalue weighted by Gasteiger charge is -2.17. The summed E-state index contributed by atoms with van der Waals surface area (Å²) in [5, 5.41) is 0. The highest BCUT2D eigenvalue weighted by Gasteiger charge is 2.24. The number of aryl methyl sites for hydroxylation is 1. The third-order valence-electron chi connectivity index (χ3n) is 3.01. The molecule has 1 aromatic rings. The van der Waals surface area contributed by atoms with Gasteiger partial charge in [-0.25, -0.2) is 0 Å². The maximum atomic E-state index is 11.8. The van der Waals surface area contributed by atoms with Gasteiger partial charge in [0, 0.05) is 13.6 Å². The smallest absolute Gasteiger partial charge is 0.260 e. The molecule has 0 N–H and O–H groups in total. The maximum Gasteiger partial charge on any atom is 0.260 e. The Kier molecular flexibility index (Phi) is 3.67. The van der Waals surface area contributed by atoms with Crippen molar-refractivity contribution in [2.45, 2.75) is 19.8 Å². The van der Waals surface area contributed by atoms with Gasteiger partial charge >= 0.3 is 0 Å². The highest BCUT2D eigenvalue weighted by Crippen LogP contribution is 2.29. The molecule has 1 amide bonds. The van der Waals surface area contributed by atoms with Gasteiger partial charge in [-0.1, -0.05) is 12.1 Å². The fourth-order valence-electron chi connectivity index (χ4n) is 1.75. The fraction of sp³-hybridized carbons (Fsp3) is 0.500. The summed E-state index contributed by atoms with van der Waals surface area (Å²) in [5.74, 6) is 1.54.